The van der Waals surface area contributed by atoms with Crippen LogP contribution in [0.2, 0.25) is 0 Å². The van der Waals surface area contributed by atoms with E-state index in [4.69, 9.17) is 4.74 Å². The minimum atomic E-state index is -3.30. The van der Waals surface area contributed by atoms with Gasteiger partial charge in [-0.1, -0.05) is 40.2 Å². The summed E-state index contributed by atoms with van der Waals surface area (Å²) < 4.78 is 30.5. The second-order valence-electron chi connectivity index (χ2n) is 7.78. The summed E-state index contributed by atoms with van der Waals surface area (Å²) in [5.41, 5.74) is 0.893. The van der Waals surface area contributed by atoms with Gasteiger partial charge in [-0.05, 0) is 43.2 Å². The molecule has 32 heavy (non-hydrogen) atoms. The number of benzene rings is 2. The van der Waals surface area contributed by atoms with Crippen molar-refractivity contribution in [3.63, 3.8) is 0 Å². The minimum Gasteiger partial charge on any atom is -0.507 e. The Balaban J connectivity index is 1.87. The number of halogens is 1. The lowest BCUT2D eigenvalue weighted by Crippen LogP contribution is -2.40. The van der Waals surface area contributed by atoms with Crippen molar-refractivity contribution in [1.29, 1.82) is 0 Å². The van der Waals surface area contributed by atoms with Crippen molar-refractivity contribution in [3.8, 4) is 5.75 Å². The van der Waals surface area contributed by atoms with Gasteiger partial charge in [-0.3, -0.25) is 9.59 Å². The first kappa shape index (κ1) is 22.5. The number of sulfone groups is 1. The number of carbonyl (C=O) groups is 2. The van der Waals surface area contributed by atoms with E-state index in [2.05, 4.69) is 15.9 Å². The first-order valence-corrected chi connectivity index (χ1v) is 12.8. The molecule has 0 aromatic heterocycles. The van der Waals surface area contributed by atoms with Gasteiger partial charge >= 0.3 is 0 Å². The third kappa shape index (κ3) is 4.19. The summed E-state index contributed by atoms with van der Waals surface area (Å²) in [6, 6.07) is 12.2. The zero-order valence-corrected chi connectivity index (χ0v) is 19.7. The van der Waals surface area contributed by atoms with Crippen LogP contribution in [-0.4, -0.2) is 54.3 Å². The van der Waals surface area contributed by atoms with Crippen LogP contribution in [0.5, 0.6) is 5.75 Å². The first-order chi connectivity index (χ1) is 15.2. The molecule has 168 valence electrons. The second kappa shape index (κ2) is 8.71. The molecule has 4 rings (SSSR count). The predicted molar refractivity (Wildman–Crippen MR) is 123 cm³/mol. The summed E-state index contributed by atoms with van der Waals surface area (Å²) in [6.45, 7) is 2.27. The normalized spacial score (nSPS) is 24.1. The standard InChI is InChI=1S/C23H22BrNO6S/c1-2-31-18-5-3-4-15(12-18)21(26)19-20(14-6-8-16(24)9-7-14)25(23(28)22(19)27)17-10-11-32(29,30)13-17/h3-9,12,17,20,26H,2,10-11,13H2,1H3/b21-19-. The SMILES string of the molecule is CCOc1cccc(/C(O)=C2/C(=O)C(=O)N(C3CCS(=O)(=O)C3)C2c2ccc(Br)cc2)c1. The van der Waals surface area contributed by atoms with E-state index in [0.29, 0.717) is 23.5 Å². The Morgan fingerprint density at radius 1 is 1.19 bits per heavy atom. The fourth-order valence-electron chi connectivity index (χ4n) is 4.25. The Labute approximate surface area is 194 Å². The third-order valence-electron chi connectivity index (χ3n) is 5.69. The van der Waals surface area contributed by atoms with Gasteiger partial charge in [-0.15, -0.1) is 0 Å². The Bertz CT molecular complexity index is 1210. The van der Waals surface area contributed by atoms with Crippen LogP contribution in [0.15, 0.2) is 58.6 Å². The highest BCUT2D eigenvalue weighted by Crippen LogP contribution is 2.42. The van der Waals surface area contributed by atoms with Crippen molar-refractivity contribution in [2.24, 2.45) is 0 Å². The van der Waals surface area contributed by atoms with E-state index in [1.165, 1.54) is 4.90 Å². The molecule has 2 aliphatic heterocycles. The molecule has 2 saturated heterocycles. The molecule has 2 aromatic rings. The van der Waals surface area contributed by atoms with Crippen molar-refractivity contribution in [2.45, 2.75) is 25.4 Å². The lowest BCUT2D eigenvalue weighted by Gasteiger charge is -2.30. The molecular formula is C23H22BrNO6S. The Hall–Kier alpha value is -2.65. The van der Waals surface area contributed by atoms with E-state index in [-0.39, 0.29) is 29.3 Å². The van der Waals surface area contributed by atoms with Crippen LogP contribution < -0.4 is 4.74 Å². The number of ether oxygens (including phenoxy) is 1. The molecule has 2 aromatic carbocycles. The van der Waals surface area contributed by atoms with Gasteiger partial charge in [0.15, 0.2) is 9.84 Å². The zero-order chi connectivity index (χ0) is 23.0. The quantitative estimate of drug-likeness (QED) is 0.368. The van der Waals surface area contributed by atoms with Crippen molar-refractivity contribution in [3.05, 3.63) is 69.7 Å². The molecule has 2 unspecified atom stereocenters. The van der Waals surface area contributed by atoms with Crippen LogP contribution in [-0.2, 0) is 19.4 Å². The largest absolute Gasteiger partial charge is 0.507 e. The molecule has 0 saturated carbocycles. The maximum atomic E-state index is 13.1. The molecule has 2 fully saturated rings. The number of aliphatic hydroxyl groups is 1. The van der Waals surface area contributed by atoms with Crippen molar-refractivity contribution >= 4 is 43.2 Å². The van der Waals surface area contributed by atoms with E-state index in [1.54, 1.807) is 48.5 Å². The Kier molecular flexibility index (Phi) is 6.13. The van der Waals surface area contributed by atoms with Gasteiger partial charge in [0.1, 0.15) is 11.5 Å². The fraction of sp³-hybridized carbons (Fsp3) is 0.304. The van der Waals surface area contributed by atoms with E-state index < -0.39 is 33.6 Å². The first-order valence-electron chi connectivity index (χ1n) is 10.2. The van der Waals surface area contributed by atoms with Crippen LogP contribution in [0.4, 0.5) is 0 Å². The highest BCUT2D eigenvalue weighted by atomic mass is 79.9. The van der Waals surface area contributed by atoms with Crippen LogP contribution in [0.25, 0.3) is 5.76 Å². The molecule has 1 N–H and O–H groups in total. The molecule has 0 spiro atoms. The molecule has 0 bridgehead atoms. The lowest BCUT2D eigenvalue weighted by atomic mass is 9.94. The summed E-state index contributed by atoms with van der Waals surface area (Å²) in [5, 5.41) is 11.1. The third-order valence-corrected chi connectivity index (χ3v) is 7.97. The maximum Gasteiger partial charge on any atom is 0.295 e. The Morgan fingerprint density at radius 2 is 1.91 bits per heavy atom. The van der Waals surface area contributed by atoms with E-state index in [0.717, 1.165) is 4.47 Å². The van der Waals surface area contributed by atoms with Gasteiger partial charge in [0.2, 0.25) is 0 Å². The van der Waals surface area contributed by atoms with Gasteiger partial charge in [0.25, 0.3) is 11.7 Å². The average Bonchev–Trinajstić information content (AvgIpc) is 3.25. The molecule has 0 aliphatic carbocycles. The number of likely N-dealkylation sites (tertiary alicyclic amines) is 1. The van der Waals surface area contributed by atoms with Gasteiger partial charge in [-0.25, -0.2) is 8.42 Å². The van der Waals surface area contributed by atoms with Gasteiger partial charge in [0, 0.05) is 16.1 Å². The van der Waals surface area contributed by atoms with Crippen molar-refractivity contribution in [2.75, 3.05) is 18.1 Å². The van der Waals surface area contributed by atoms with E-state index in [1.807, 2.05) is 6.92 Å². The van der Waals surface area contributed by atoms with E-state index in [9.17, 15) is 23.1 Å². The number of hydrogen-bond donors (Lipinski definition) is 1. The number of hydrogen-bond acceptors (Lipinski definition) is 6. The van der Waals surface area contributed by atoms with Gasteiger partial charge < -0.3 is 14.7 Å². The number of ketones is 1. The highest BCUT2D eigenvalue weighted by molar-refractivity contribution is 9.10. The number of amides is 1. The van der Waals surface area contributed by atoms with Gasteiger partial charge in [0.05, 0.1) is 29.7 Å². The van der Waals surface area contributed by atoms with Crippen LogP contribution in [0, 0.1) is 0 Å². The molecule has 2 aliphatic rings. The number of rotatable bonds is 5. The predicted octanol–water partition coefficient (Wildman–Crippen LogP) is 3.46. The van der Waals surface area contributed by atoms with Crippen LogP contribution >= 0.6 is 15.9 Å². The summed E-state index contributed by atoms with van der Waals surface area (Å²) in [4.78, 5) is 27.5. The number of Topliss-reactive ketones (excluding diaryl/α,β-unsaturated/α-hetero) is 1. The fourth-order valence-corrected chi connectivity index (χ4v) is 6.22. The minimum absolute atomic E-state index is 0.0376. The summed E-state index contributed by atoms with van der Waals surface area (Å²) >= 11 is 3.38. The van der Waals surface area contributed by atoms with Crippen LogP contribution in [0.1, 0.15) is 30.5 Å². The lowest BCUT2D eigenvalue weighted by molar-refractivity contribution is -0.141. The molecule has 2 atom stereocenters. The molecule has 9 heteroatoms. The van der Waals surface area contributed by atoms with Crippen LogP contribution in [0.3, 0.4) is 0 Å². The van der Waals surface area contributed by atoms with Gasteiger partial charge in [-0.2, -0.15) is 0 Å². The zero-order valence-electron chi connectivity index (χ0n) is 17.3. The second-order valence-corrected chi connectivity index (χ2v) is 10.9. The summed E-state index contributed by atoms with van der Waals surface area (Å²) in [7, 11) is -3.30. The maximum absolute atomic E-state index is 13.1. The Morgan fingerprint density at radius 3 is 2.53 bits per heavy atom. The molecule has 7 nitrogen and oxygen atoms in total. The summed E-state index contributed by atoms with van der Waals surface area (Å²) in [6.07, 6.45) is 0.252. The molecule has 0 radical (unpaired) electrons. The topological polar surface area (TPSA) is 101 Å². The average molecular weight is 520 g/mol. The van der Waals surface area contributed by atoms with Crippen molar-refractivity contribution in [1.82, 2.24) is 4.90 Å². The molecule has 2 heterocycles. The number of nitrogens with zero attached hydrogens (tertiary/aromatic N) is 1. The number of carbonyl (C=O) groups excluding carboxylic acids is 2. The van der Waals surface area contributed by atoms with Crippen molar-refractivity contribution < 1.29 is 27.9 Å². The molecule has 1 amide bonds. The number of aliphatic hydroxyl groups excluding tert-OH is 1. The monoisotopic (exact) mass is 519 g/mol. The molecular weight excluding hydrogens is 498 g/mol. The van der Waals surface area contributed by atoms with E-state index >= 15 is 0 Å². The highest BCUT2D eigenvalue weighted by Gasteiger charge is 2.50. The smallest absolute Gasteiger partial charge is 0.295 e. The summed E-state index contributed by atoms with van der Waals surface area (Å²) in [5.74, 6) is -1.67.